The molecule has 4 aliphatic rings. The molecule has 1 N–H and O–H groups in total. The monoisotopic (exact) mass is 1480 g/mol. The molecule has 0 bridgehead atoms. The number of ether oxygens (including phenoxy) is 18. The number of esters is 9. The van der Waals surface area contributed by atoms with Gasteiger partial charge in [-0.05, 0) is 81.0 Å². The molecule has 3 aliphatic heterocycles. The molecule has 0 radical (unpaired) electrons. The van der Waals surface area contributed by atoms with Gasteiger partial charge in [0, 0.05) is 59.4 Å². The quantitative estimate of drug-likeness (QED) is 0.0149. The Morgan fingerprint density at radius 1 is 0.581 bits per heavy atom. The lowest BCUT2D eigenvalue weighted by atomic mass is 9.81. The lowest BCUT2D eigenvalue weighted by Gasteiger charge is -2.52. The highest BCUT2D eigenvalue weighted by atomic mass is 16.8. The van der Waals surface area contributed by atoms with Crippen LogP contribution in [0.15, 0.2) is 96.1 Å². The van der Waals surface area contributed by atoms with Crippen LogP contribution < -0.4 is 5.32 Å². The van der Waals surface area contributed by atoms with Crippen molar-refractivity contribution in [3.63, 3.8) is 0 Å². The van der Waals surface area contributed by atoms with E-state index in [2.05, 4.69) is 15.3 Å². The predicted octanol–water partition coefficient (Wildman–Crippen LogP) is 7.26. The van der Waals surface area contributed by atoms with Gasteiger partial charge in [0.2, 0.25) is 5.91 Å². The molecule has 3 aromatic rings. The summed E-state index contributed by atoms with van der Waals surface area (Å²) in [4.78, 5) is 143. The van der Waals surface area contributed by atoms with Gasteiger partial charge in [0.15, 0.2) is 37.0 Å². The van der Waals surface area contributed by atoms with Crippen molar-refractivity contribution in [1.82, 2.24) is 5.32 Å². The molecule has 4 fully saturated rings. The van der Waals surface area contributed by atoms with Gasteiger partial charge in [0.05, 0.1) is 73.6 Å². The first-order valence-corrected chi connectivity index (χ1v) is 35.1. The number of nitrogens with zero attached hydrogens (tertiary/aromatic N) is 3. The smallest absolute Gasteiger partial charge is 0.366 e. The van der Waals surface area contributed by atoms with Crippen molar-refractivity contribution < 1.29 is 133 Å². The number of hydrogen-bond donors (Lipinski definition) is 1. The number of carbonyl (C=O) groups is 10. The van der Waals surface area contributed by atoms with Crippen LogP contribution in [-0.2, 0) is 119 Å². The number of hydrogen-bond acceptors (Lipinski definition) is 29. The number of azide groups is 1. The largest absolute Gasteiger partial charge is 0.469 e. The highest BCUT2D eigenvalue weighted by Gasteiger charge is 2.64. The van der Waals surface area contributed by atoms with E-state index in [1.807, 2.05) is 20.8 Å². The van der Waals surface area contributed by atoms with Crippen LogP contribution in [0.3, 0.4) is 0 Å². The molecule has 1 amide bonds. The number of unbranched alkanes of at least 4 members (excludes halogenated alkanes) is 3. The third-order valence-corrected chi connectivity index (χ3v) is 17.6. The zero-order chi connectivity index (χ0) is 76.3. The average molecular weight is 1480 g/mol. The van der Waals surface area contributed by atoms with E-state index < -0.39 is 201 Å². The Hall–Kier alpha value is -8.69. The molecule has 32 heteroatoms. The number of amides is 1. The van der Waals surface area contributed by atoms with E-state index in [0.29, 0.717) is 25.9 Å². The Kier molecular flexibility index (Phi) is 32.9. The van der Waals surface area contributed by atoms with Gasteiger partial charge in [0.25, 0.3) is 5.79 Å². The minimum Gasteiger partial charge on any atom is -0.469 e. The average Bonchev–Trinajstić information content (AvgIpc) is 0.746. The fraction of sp³-hybridized carbons (Fsp3) is 0.616. The summed E-state index contributed by atoms with van der Waals surface area (Å²) in [6.07, 6.45) is -24.1. The second-order valence-corrected chi connectivity index (χ2v) is 25.5. The molecule has 576 valence electrons. The van der Waals surface area contributed by atoms with Crippen LogP contribution in [0.5, 0.6) is 0 Å². The van der Waals surface area contributed by atoms with Crippen LogP contribution in [0.2, 0.25) is 0 Å². The zero-order valence-corrected chi connectivity index (χ0v) is 60.8. The minimum absolute atomic E-state index is 0.0224. The molecule has 32 nitrogen and oxygen atoms in total. The van der Waals surface area contributed by atoms with Gasteiger partial charge in [0.1, 0.15) is 55.9 Å². The summed E-state index contributed by atoms with van der Waals surface area (Å²) >= 11 is 0. The molecule has 1 aliphatic carbocycles. The standard InChI is InChI=1S/C73H96N4O28/c1-12-15-33-90-57-41(4)95-70(64(92-35-17-14-3)62(57)91-34-16-13-2)103-58-51(76-77-74)36-50(66(83)88-10)37-52(58)99-71-65(102-69(86)49-31-25-20-26-32-49)63(60(101-68(85)48-29-23-19-24-30-48)55(100-71)40-94-67(84)47-27-21-18-22-28-47)105-73(72(87)89-11)38-53(96-44(7)80)56(75-42(5)78)61(104-73)59(98-46(9)82)54(97-45(8)81)39-93-43(6)79/h18-32,41,50-65,70-71H,12-17,33-40H2,1-11H3,(H,75,78)/t41?,50?,51?,52?,53?,54-,55?,56?,57?,58?,59-,60?,61?,62?,63?,64?,65?,70?,71?,73?/m1/s1. The maximum Gasteiger partial charge on any atom is 0.366 e. The van der Waals surface area contributed by atoms with Gasteiger partial charge in [-0.2, -0.15) is 0 Å². The SMILES string of the molecule is CCCCOC1C(C)OC(OC2C(N=[N+]=[N-])CC(C(=O)OC)CC2OC2OC(COC(=O)c3ccccc3)C(OC(=O)c3ccccc3)C(OC3(C(=O)OC)CC(OC(C)=O)C(NC(C)=O)C([C@H](OC(C)=O)[C@@H](COC(C)=O)OC(C)=O)O3)C2OC(=O)c2ccccc2)C(OCCCC)C1OCCCC. The molecule has 20 atom stereocenters. The molecular formula is C73H96N4O28. The summed E-state index contributed by atoms with van der Waals surface area (Å²) < 4.78 is 114. The summed E-state index contributed by atoms with van der Waals surface area (Å²) in [7, 11) is 2.03. The molecule has 1 saturated carbocycles. The molecule has 105 heavy (non-hydrogen) atoms. The van der Waals surface area contributed by atoms with Crippen molar-refractivity contribution >= 4 is 59.6 Å². The van der Waals surface area contributed by atoms with Crippen molar-refractivity contribution in [2.24, 2.45) is 11.0 Å². The summed E-state index contributed by atoms with van der Waals surface area (Å²) in [5.74, 6) is -15.0. The van der Waals surface area contributed by atoms with Crippen LogP contribution >= 0.6 is 0 Å². The van der Waals surface area contributed by atoms with Crippen LogP contribution in [0.1, 0.15) is 151 Å². The number of rotatable bonds is 36. The zero-order valence-electron chi connectivity index (χ0n) is 60.8. The van der Waals surface area contributed by atoms with Gasteiger partial charge in [-0.15, -0.1) is 0 Å². The van der Waals surface area contributed by atoms with Crippen LogP contribution in [0, 0.1) is 5.92 Å². The Bertz CT molecular complexity index is 3400. The maximum atomic E-state index is 15.6. The van der Waals surface area contributed by atoms with Gasteiger partial charge < -0.3 is 90.6 Å². The second kappa shape index (κ2) is 41.3. The second-order valence-electron chi connectivity index (χ2n) is 25.5. The molecule has 3 aromatic carbocycles. The highest BCUT2D eigenvalue weighted by molar-refractivity contribution is 5.91. The lowest BCUT2D eigenvalue weighted by molar-refractivity contribution is -0.378. The van der Waals surface area contributed by atoms with E-state index in [4.69, 9.17) is 85.3 Å². The summed E-state index contributed by atoms with van der Waals surface area (Å²) in [5, 5.41) is 6.79. The Labute approximate surface area is 608 Å². The number of carbonyl (C=O) groups excluding carboxylic acids is 10. The van der Waals surface area contributed by atoms with Gasteiger partial charge in [-0.3, -0.25) is 28.8 Å². The van der Waals surface area contributed by atoms with E-state index in [1.165, 1.54) is 60.7 Å². The summed E-state index contributed by atoms with van der Waals surface area (Å²) in [6.45, 7) is 11.7. The van der Waals surface area contributed by atoms with Crippen LogP contribution in [0.4, 0.5) is 0 Å². The van der Waals surface area contributed by atoms with Gasteiger partial charge in [-0.25, -0.2) is 19.2 Å². The maximum absolute atomic E-state index is 15.6. The predicted molar refractivity (Wildman–Crippen MR) is 362 cm³/mol. The van der Waals surface area contributed by atoms with E-state index in [1.54, 1.807) is 37.3 Å². The Balaban J connectivity index is 1.53. The van der Waals surface area contributed by atoms with Crippen LogP contribution in [-0.4, -0.2) is 223 Å². The third kappa shape index (κ3) is 23.4. The number of benzene rings is 3. The number of methoxy groups -OCH3 is 2. The van der Waals surface area contributed by atoms with Gasteiger partial charge in [-0.1, -0.05) is 99.7 Å². The fourth-order valence-corrected chi connectivity index (χ4v) is 12.7. The first kappa shape index (κ1) is 83.6. The lowest BCUT2D eigenvalue weighted by Crippen LogP contribution is -2.72. The molecule has 3 heterocycles. The molecule has 7 rings (SSSR count). The summed E-state index contributed by atoms with van der Waals surface area (Å²) in [6, 6.07) is 19.3. The van der Waals surface area contributed by atoms with E-state index in [0.717, 1.165) is 68.1 Å². The minimum atomic E-state index is -3.23. The number of nitrogens with one attached hydrogen (secondary N) is 1. The topological polar surface area (TPSA) is 398 Å². The highest BCUT2D eigenvalue weighted by Crippen LogP contribution is 2.44. The van der Waals surface area contributed by atoms with Crippen molar-refractivity contribution in [3.8, 4) is 0 Å². The van der Waals surface area contributed by atoms with E-state index >= 15 is 14.4 Å². The van der Waals surface area contributed by atoms with Gasteiger partial charge >= 0.3 is 53.7 Å². The van der Waals surface area contributed by atoms with Crippen molar-refractivity contribution in [1.29, 1.82) is 0 Å². The molecule has 0 aromatic heterocycles. The van der Waals surface area contributed by atoms with Crippen molar-refractivity contribution in [2.45, 2.75) is 236 Å². The third-order valence-electron chi connectivity index (χ3n) is 17.6. The molecule has 0 spiro atoms. The van der Waals surface area contributed by atoms with Crippen LogP contribution in [0.25, 0.3) is 10.4 Å². The molecular weight excluding hydrogens is 1380 g/mol. The van der Waals surface area contributed by atoms with Crippen molar-refractivity contribution in [2.75, 3.05) is 47.3 Å². The normalized spacial score (nSPS) is 28.4. The molecule has 3 saturated heterocycles. The first-order valence-electron chi connectivity index (χ1n) is 35.1. The van der Waals surface area contributed by atoms with Crippen molar-refractivity contribution in [3.05, 3.63) is 118 Å². The Morgan fingerprint density at radius 2 is 1.12 bits per heavy atom. The fourth-order valence-electron chi connectivity index (χ4n) is 12.7. The Morgan fingerprint density at radius 3 is 1.64 bits per heavy atom. The summed E-state index contributed by atoms with van der Waals surface area (Å²) in [5.41, 5.74) is 10.2. The van der Waals surface area contributed by atoms with E-state index in [9.17, 15) is 39.1 Å². The molecule has 18 unspecified atom stereocenters. The van der Waals surface area contributed by atoms with E-state index in [-0.39, 0.29) is 42.7 Å². The first-order chi connectivity index (χ1) is 50.4.